The molecule has 0 amide bonds. The molecular weight excluding hydrogens is 368 g/mol. The van der Waals surface area contributed by atoms with E-state index >= 15 is 0 Å². The fraction of sp³-hybridized carbons (Fsp3) is 0. The van der Waals surface area contributed by atoms with Gasteiger partial charge in [0.05, 0.1) is 16.9 Å². The van der Waals surface area contributed by atoms with Crippen LogP contribution in [0.1, 0.15) is 0 Å². The summed E-state index contributed by atoms with van der Waals surface area (Å²) in [5.41, 5.74) is 0.800. The van der Waals surface area contributed by atoms with Crippen LogP contribution in [0, 0.1) is 14.9 Å². The van der Waals surface area contributed by atoms with Gasteiger partial charge in [-0.2, -0.15) is 5.10 Å². The number of aromatic nitrogens is 3. The second-order valence-corrected chi connectivity index (χ2v) is 5.90. The summed E-state index contributed by atoms with van der Waals surface area (Å²) < 4.78 is 13.3. The van der Waals surface area contributed by atoms with Crippen molar-refractivity contribution in [3.05, 3.63) is 81.8 Å². The van der Waals surface area contributed by atoms with Crippen LogP contribution in [-0.2, 0) is 0 Å². The lowest BCUT2D eigenvalue weighted by Gasteiger charge is -2.08. The number of nitro benzene ring substituents is 1. The zero-order chi connectivity index (χ0) is 18.8. The van der Waals surface area contributed by atoms with E-state index in [1.807, 2.05) is 12.1 Å². The summed E-state index contributed by atoms with van der Waals surface area (Å²) >= 11 is 5.32. The van der Waals surface area contributed by atoms with E-state index in [1.165, 1.54) is 12.1 Å². The number of benzene rings is 2. The number of non-ortho nitro benzene ring substituents is 1. The molecule has 2 heterocycles. The summed E-state index contributed by atoms with van der Waals surface area (Å²) in [6, 6.07) is 16.7. The summed E-state index contributed by atoms with van der Waals surface area (Å²) in [5, 5.41) is 17.7. The van der Waals surface area contributed by atoms with E-state index < -0.39 is 4.92 Å². The molecule has 0 saturated carbocycles. The van der Waals surface area contributed by atoms with Gasteiger partial charge in [0.1, 0.15) is 11.5 Å². The highest BCUT2D eigenvalue weighted by Gasteiger charge is 2.13. The predicted molar refractivity (Wildman–Crippen MR) is 99.6 cm³/mol. The molecule has 27 heavy (non-hydrogen) atoms. The third-order valence-corrected chi connectivity index (χ3v) is 4.07. The zero-order valence-electron chi connectivity index (χ0n) is 13.7. The molecule has 0 spiro atoms. The Balaban J connectivity index is 1.59. The number of nitro groups is 1. The number of nitrogens with zero attached hydrogens (tertiary/aromatic N) is 3. The minimum absolute atomic E-state index is 0.0116. The summed E-state index contributed by atoms with van der Waals surface area (Å²) in [6.07, 6.45) is 1.57. The first-order valence-corrected chi connectivity index (χ1v) is 8.27. The van der Waals surface area contributed by atoms with E-state index in [-0.39, 0.29) is 5.69 Å². The van der Waals surface area contributed by atoms with Crippen molar-refractivity contribution in [1.82, 2.24) is 14.8 Å². The van der Waals surface area contributed by atoms with Crippen LogP contribution in [0.5, 0.6) is 11.5 Å². The second-order valence-electron chi connectivity index (χ2n) is 5.51. The van der Waals surface area contributed by atoms with Crippen LogP contribution in [0.15, 0.2) is 71.3 Å². The van der Waals surface area contributed by atoms with Crippen LogP contribution < -0.4 is 4.74 Å². The lowest BCUT2D eigenvalue weighted by Crippen LogP contribution is -1.97. The molecule has 2 aromatic heterocycles. The molecule has 0 atom stereocenters. The number of nitrogens with one attached hydrogen (secondary N) is 1. The first-order valence-electron chi connectivity index (χ1n) is 7.86. The van der Waals surface area contributed by atoms with Gasteiger partial charge in [-0.1, -0.05) is 0 Å². The molecule has 1 N–H and O–H groups in total. The molecule has 9 heteroatoms. The quantitative estimate of drug-likeness (QED) is 0.301. The van der Waals surface area contributed by atoms with Crippen molar-refractivity contribution in [1.29, 1.82) is 0 Å². The van der Waals surface area contributed by atoms with Gasteiger partial charge >= 0.3 is 0 Å². The number of furan rings is 1. The topological polar surface area (TPSA) is 99.1 Å². The van der Waals surface area contributed by atoms with Crippen LogP contribution in [0.3, 0.4) is 0 Å². The maximum absolute atomic E-state index is 10.7. The summed E-state index contributed by atoms with van der Waals surface area (Å²) in [6.45, 7) is 0. The Morgan fingerprint density at radius 2 is 1.74 bits per heavy atom. The van der Waals surface area contributed by atoms with Gasteiger partial charge in [-0.05, 0) is 60.7 Å². The third kappa shape index (κ3) is 3.35. The normalized spacial score (nSPS) is 10.7. The van der Waals surface area contributed by atoms with Crippen molar-refractivity contribution in [2.75, 3.05) is 0 Å². The molecule has 0 unspecified atom stereocenters. The van der Waals surface area contributed by atoms with E-state index in [9.17, 15) is 10.1 Å². The molecule has 134 valence electrons. The van der Waals surface area contributed by atoms with Crippen molar-refractivity contribution >= 4 is 17.9 Å². The van der Waals surface area contributed by atoms with Gasteiger partial charge in [0.15, 0.2) is 10.5 Å². The van der Waals surface area contributed by atoms with Gasteiger partial charge in [0, 0.05) is 12.1 Å². The molecule has 0 aliphatic rings. The van der Waals surface area contributed by atoms with Crippen LogP contribution >= 0.6 is 12.2 Å². The molecule has 4 aromatic rings. The fourth-order valence-electron chi connectivity index (χ4n) is 2.54. The number of H-pyrrole nitrogens is 1. The molecule has 2 aromatic carbocycles. The molecule has 0 radical (unpaired) electrons. The zero-order valence-corrected chi connectivity index (χ0v) is 14.6. The standard InChI is InChI=1S/C18H12N4O4S/c23-22(24)13-5-9-15(10-6-13)26-14-7-3-12(4-8-14)21-17(19-20-18(21)27)16-2-1-11-25-16/h1-11H,(H,20,27). The lowest BCUT2D eigenvalue weighted by molar-refractivity contribution is -0.384. The van der Waals surface area contributed by atoms with E-state index in [0.29, 0.717) is 27.9 Å². The Morgan fingerprint density at radius 1 is 1.07 bits per heavy atom. The maximum Gasteiger partial charge on any atom is 0.269 e. The van der Waals surface area contributed by atoms with Crippen molar-refractivity contribution in [2.45, 2.75) is 0 Å². The maximum atomic E-state index is 10.7. The molecule has 0 aliphatic carbocycles. The first kappa shape index (κ1) is 16.7. The van der Waals surface area contributed by atoms with Crippen molar-refractivity contribution in [2.24, 2.45) is 0 Å². The Labute approximate surface area is 157 Å². The van der Waals surface area contributed by atoms with Gasteiger partial charge in [0.25, 0.3) is 5.69 Å². The van der Waals surface area contributed by atoms with Gasteiger partial charge in [-0.15, -0.1) is 0 Å². The van der Waals surface area contributed by atoms with Crippen molar-refractivity contribution in [3.63, 3.8) is 0 Å². The lowest BCUT2D eigenvalue weighted by atomic mass is 10.2. The van der Waals surface area contributed by atoms with Gasteiger partial charge in [-0.25, -0.2) is 0 Å². The highest BCUT2D eigenvalue weighted by Crippen LogP contribution is 2.26. The fourth-order valence-corrected chi connectivity index (χ4v) is 2.78. The van der Waals surface area contributed by atoms with Crippen molar-refractivity contribution < 1.29 is 14.1 Å². The van der Waals surface area contributed by atoms with E-state index in [0.717, 1.165) is 5.69 Å². The van der Waals surface area contributed by atoms with Gasteiger partial charge < -0.3 is 9.15 Å². The van der Waals surface area contributed by atoms with Crippen LogP contribution in [0.4, 0.5) is 5.69 Å². The summed E-state index contributed by atoms with van der Waals surface area (Å²) in [7, 11) is 0. The van der Waals surface area contributed by atoms with Crippen molar-refractivity contribution in [3.8, 4) is 28.8 Å². The minimum Gasteiger partial charge on any atom is -0.461 e. The number of ether oxygens (including phenoxy) is 1. The smallest absolute Gasteiger partial charge is 0.269 e. The Hall–Kier alpha value is -3.72. The number of aromatic amines is 1. The number of hydrogen-bond acceptors (Lipinski definition) is 6. The first-order chi connectivity index (χ1) is 13.1. The van der Waals surface area contributed by atoms with E-state index in [4.69, 9.17) is 21.4 Å². The van der Waals surface area contributed by atoms with Gasteiger partial charge in [-0.3, -0.25) is 19.8 Å². The summed E-state index contributed by atoms with van der Waals surface area (Å²) in [4.78, 5) is 10.2. The Kier molecular flexibility index (Phi) is 4.27. The molecule has 0 saturated heterocycles. The van der Waals surface area contributed by atoms with Crippen LogP contribution in [0.2, 0.25) is 0 Å². The molecular formula is C18H12N4O4S. The third-order valence-electron chi connectivity index (χ3n) is 3.79. The second kappa shape index (κ2) is 6.89. The van der Waals surface area contributed by atoms with Gasteiger partial charge in [0.2, 0.25) is 5.82 Å². The number of hydrogen-bond donors (Lipinski definition) is 1. The Bertz CT molecular complexity index is 1130. The number of rotatable bonds is 5. The average molecular weight is 380 g/mol. The molecule has 0 aliphatic heterocycles. The van der Waals surface area contributed by atoms with E-state index in [1.54, 1.807) is 47.2 Å². The molecule has 8 nitrogen and oxygen atoms in total. The monoisotopic (exact) mass is 380 g/mol. The Morgan fingerprint density at radius 3 is 2.33 bits per heavy atom. The highest BCUT2D eigenvalue weighted by atomic mass is 32.1. The summed E-state index contributed by atoms with van der Waals surface area (Å²) in [5.74, 6) is 2.24. The molecule has 4 rings (SSSR count). The molecule has 0 fully saturated rings. The van der Waals surface area contributed by atoms with Crippen LogP contribution in [0.25, 0.3) is 17.3 Å². The minimum atomic E-state index is -0.455. The SMILES string of the molecule is O=[N+]([O-])c1ccc(Oc2ccc(-n3c(-c4ccco4)n[nH]c3=S)cc2)cc1. The molecule has 0 bridgehead atoms. The van der Waals surface area contributed by atoms with E-state index in [2.05, 4.69) is 10.2 Å². The largest absolute Gasteiger partial charge is 0.461 e. The predicted octanol–water partition coefficient (Wildman–Crippen LogP) is 4.89. The van der Waals surface area contributed by atoms with Crippen LogP contribution in [-0.4, -0.2) is 19.7 Å². The highest BCUT2D eigenvalue weighted by molar-refractivity contribution is 7.71. The average Bonchev–Trinajstić information content (AvgIpc) is 3.32.